The molecule has 0 bridgehead atoms. The van der Waals surface area contributed by atoms with Gasteiger partial charge in [-0.2, -0.15) is 0 Å². The zero-order valence-electron chi connectivity index (χ0n) is 18.5. The summed E-state index contributed by atoms with van der Waals surface area (Å²) in [5.41, 5.74) is 2.07. The minimum atomic E-state index is -0.580. The van der Waals surface area contributed by atoms with Crippen LogP contribution in [-0.4, -0.2) is 35.9 Å². The lowest BCUT2D eigenvalue weighted by atomic mass is 10.1. The molecule has 7 heteroatoms. The Bertz CT molecular complexity index is 904. The normalized spacial score (nSPS) is 11.8. The standard InChI is InChI=1S/C24H30BrClN2O3/c1-5-21(24(30)27-13-16(2)3)28(14-18-8-6-7-17(4)11-18)23(29)15-31-22-10-9-19(26)12-20(22)25/h6-12,16,21H,5,13-15H2,1-4H3,(H,27,30)/t21-/m0/s1. The smallest absolute Gasteiger partial charge is 0.261 e. The first kappa shape index (κ1) is 25.2. The number of carbonyl (C=O) groups is 2. The number of nitrogens with zero attached hydrogens (tertiary/aromatic N) is 1. The van der Waals surface area contributed by atoms with Crippen LogP contribution in [0.25, 0.3) is 0 Å². The van der Waals surface area contributed by atoms with Gasteiger partial charge in [0, 0.05) is 18.1 Å². The highest BCUT2D eigenvalue weighted by Gasteiger charge is 2.29. The molecule has 0 aliphatic rings. The fraction of sp³-hybridized carbons (Fsp3) is 0.417. The molecule has 1 N–H and O–H groups in total. The SMILES string of the molecule is CC[C@@H](C(=O)NCC(C)C)N(Cc1cccc(C)c1)C(=O)COc1ccc(Cl)cc1Br. The zero-order chi connectivity index (χ0) is 23.0. The Balaban J connectivity index is 2.21. The summed E-state index contributed by atoms with van der Waals surface area (Å²) in [6, 6.07) is 12.5. The second-order valence-electron chi connectivity index (χ2n) is 7.94. The molecule has 0 unspecified atom stereocenters. The summed E-state index contributed by atoms with van der Waals surface area (Å²) in [6.45, 7) is 8.70. The van der Waals surface area contributed by atoms with Crippen LogP contribution >= 0.6 is 27.5 Å². The molecule has 2 aromatic carbocycles. The molecule has 0 aliphatic carbocycles. The van der Waals surface area contributed by atoms with Gasteiger partial charge >= 0.3 is 0 Å². The molecular weight excluding hydrogens is 480 g/mol. The number of carbonyl (C=O) groups excluding carboxylic acids is 2. The van der Waals surface area contributed by atoms with Crippen molar-refractivity contribution < 1.29 is 14.3 Å². The minimum Gasteiger partial charge on any atom is -0.483 e. The molecule has 31 heavy (non-hydrogen) atoms. The van der Waals surface area contributed by atoms with Gasteiger partial charge in [0.1, 0.15) is 11.8 Å². The molecule has 0 radical (unpaired) electrons. The third-order valence-corrected chi connectivity index (χ3v) is 5.61. The van der Waals surface area contributed by atoms with E-state index in [-0.39, 0.29) is 18.4 Å². The Kier molecular flexibility index (Phi) is 9.85. The topological polar surface area (TPSA) is 58.6 Å². The van der Waals surface area contributed by atoms with E-state index >= 15 is 0 Å². The number of aryl methyl sites for hydroxylation is 1. The van der Waals surface area contributed by atoms with Crippen LogP contribution in [0.2, 0.25) is 5.02 Å². The minimum absolute atomic E-state index is 0.148. The highest BCUT2D eigenvalue weighted by molar-refractivity contribution is 9.10. The number of nitrogens with one attached hydrogen (secondary N) is 1. The maximum Gasteiger partial charge on any atom is 0.261 e. The number of amides is 2. The summed E-state index contributed by atoms with van der Waals surface area (Å²) in [4.78, 5) is 27.7. The van der Waals surface area contributed by atoms with Gasteiger partial charge in [0.15, 0.2) is 6.61 Å². The Hall–Kier alpha value is -2.05. The lowest BCUT2D eigenvalue weighted by molar-refractivity contribution is -0.143. The molecule has 168 valence electrons. The zero-order valence-corrected chi connectivity index (χ0v) is 20.8. The molecule has 0 aromatic heterocycles. The Morgan fingerprint density at radius 2 is 1.94 bits per heavy atom. The van der Waals surface area contributed by atoms with E-state index in [1.165, 1.54) is 0 Å². The van der Waals surface area contributed by atoms with Crippen molar-refractivity contribution in [1.29, 1.82) is 0 Å². The lowest BCUT2D eigenvalue weighted by Crippen LogP contribution is -2.50. The van der Waals surface area contributed by atoms with Crippen molar-refractivity contribution >= 4 is 39.3 Å². The molecule has 0 heterocycles. The molecule has 1 atom stereocenters. The van der Waals surface area contributed by atoms with Crippen molar-refractivity contribution in [2.75, 3.05) is 13.2 Å². The van der Waals surface area contributed by atoms with E-state index in [4.69, 9.17) is 16.3 Å². The van der Waals surface area contributed by atoms with E-state index in [0.717, 1.165) is 11.1 Å². The molecule has 2 aromatic rings. The first-order valence-corrected chi connectivity index (χ1v) is 11.6. The van der Waals surface area contributed by atoms with Crippen LogP contribution in [-0.2, 0) is 16.1 Å². The fourth-order valence-electron chi connectivity index (χ4n) is 3.16. The van der Waals surface area contributed by atoms with Gasteiger partial charge in [0.05, 0.1) is 4.47 Å². The lowest BCUT2D eigenvalue weighted by Gasteiger charge is -2.31. The number of ether oxygens (including phenoxy) is 1. The number of hydrogen-bond donors (Lipinski definition) is 1. The summed E-state index contributed by atoms with van der Waals surface area (Å²) in [5.74, 6) is 0.443. The van der Waals surface area contributed by atoms with Gasteiger partial charge in [0.2, 0.25) is 5.91 Å². The van der Waals surface area contributed by atoms with Crippen molar-refractivity contribution in [3.63, 3.8) is 0 Å². The summed E-state index contributed by atoms with van der Waals surface area (Å²) >= 11 is 9.37. The van der Waals surface area contributed by atoms with Gasteiger partial charge in [-0.05, 0) is 59.0 Å². The van der Waals surface area contributed by atoms with Crippen LogP contribution < -0.4 is 10.1 Å². The number of rotatable bonds is 10. The van der Waals surface area contributed by atoms with Crippen LogP contribution in [0.1, 0.15) is 38.3 Å². The molecule has 2 rings (SSSR count). The molecule has 5 nitrogen and oxygen atoms in total. The van der Waals surface area contributed by atoms with Crippen LogP contribution in [0, 0.1) is 12.8 Å². The van der Waals surface area contributed by atoms with Crippen molar-refractivity contribution in [1.82, 2.24) is 10.2 Å². The highest BCUT2D eigenvalue weighted by atomic mass is 79.9. The monoisotopic (exact) mass is 508 g/mol. The molecule has 0 saturated carbocycles. The van der Waals surface area contributed by atoms with Crippen molar-refractivity contribution in [2.45, 2.75) is 46.7 Å². The predicted molar refractivity (Wildman–Crippen MR) is 128 cm³/mol. The highest BCUT2D eigenvalue weighted by Crippen LogP contribution is 2.28. The van der Waals surface area contributed by atoms with Crippen molar-refractivity contribution in [2.24, 2.45) is 5.92 Å². The predicted octanol–water partition coefficient (Wildman–Crippen LogP) is 5.37. The molecule has 0 saturated heterocycles. The molecular formula is C24H30BrClN2O3. The number of hydrogen-bond acceptors (Lipinski definition) is 3. The van der Waals surface area contributed by atoms with Crippen molar-refractivity contribution in [3.05, 3.63) is 63.1 Å². The van der Waals surface area contributed by atoms with Gasteiger partial charge in [0.25, 0.3) is 5.91 Å². The van der Waals surface area contributed by atoms with E-state index in [0.29, 0.717) is 40.7 Å². The van der Waals surface area contributed by atoms with Crippen LogP contribution in [0.3, 0.4) is 0 Å². The van der Waals surface area contributed by atoms with E-state index in [1.807, 2.05) is 52.0 Å². The van der Waals surface area contributed by atoms with E-state index < -0.39 is 6.04 Å². The third kappa shape index (κ3) is 7.86. The van der Waals surface area contributed by atoms with E-state index in [2.05, 4.69) is 21.2 Å². The van der Waals surface area contributed by atoms with Gasteiger partial charge < -0.3 is 15.0 Å². The number of halogens is 2. The summed E-state index contributed by atoms with van der Waals surface area (Å²) < 4.78 is 6.41. The van der Waals surface area contributed by atoms with E-state index in [9.17, 15) is 9.59 Å². The van der Waals surface area contributed by atoms with Crippen molar-refractivity contribution in [3.8, 4) is 5.75 Å². The first-order chi connectivity index (χ1) is 14.7. The first-order valence-electron chi connectivity index (χ1n) is 10.4. The average molecular weight is 510 g/mol. The number of benzene rings is 2. The second kappa shape index (κ2) is 12.1. The van der Waals surface area contributed by atoms with Gasteiger partial charge in [-0.3, -0.25) is 9.59 Å². The van der Waals surface area contributed by atoms with Gasteiger partial charge in [-0.15, -0.1) is 0 Å². The maximum absolute atomic E-state index is 13.2. The van der Waals surface area contributed by atoms with E-state index in [1.54, 1.807) is 23.1 Å². The largest absolute Gasteiger partial charge is 0.483 e. The molecule has 2 amide bonds. The summed E-state index contributed by atoms with van der Waals surface area (Å²) in [5, 5.41) is 3.53. The summed E-state index contributed by atoms with van der Waals surface area (Å²) in [7, 11) is 0. The molecule has 0 aliphatic heterocycles. The van der Waals surface area contributed by atoms with Gasteiger partial charge in [-0.25, -0.2) is 0 Å². The third-order valence-electron chi connectivity index (χ3n) is 4.75. The van der Waals surface area contributed by atoms with Gasteiger partial charge in [-0.1, -0.05) is 62.2 Å². The second-order valence-corrected chi connectivity index (χ2v) is 9.23. The molecule has 0 fully saturated rings. The summed E-state index contributed by atoms with van der Waals surface area (Å²) in [6.07, 6.45) is 0.506. The Morgan fingerprint density at radius 3 is 2.55 bits per heavy atom. The quantitative estimate of drug-likeness (QED) is 0.468. The Morgan fingerprint density at radius 1 is 1.19 bits per heavy atom. The average Bonchev–Trinajstić information content (AvgIpc) is 2.71. The fourth-order valence-corrected chi connectivity index (χ4v) is 3.96. The van der Waals surface area contributed by atoms with Crippen LogP contribution in [0.5, 0.6) is 5.75 Å². The Labute approximate surface area is 198 Å². The van der Waals surface area contributed by atoms with Crippen LogP contribution in [0.4, 0.5) is 0 Å². The van der Waals surface area contributed by atoms with Crippen LogP contribution in [0.15, 0.2) is 46.9 Å². The molecule has 0 spiro atoms. The maximum atomic E-state index is 13.2.